The number of nitrogens with zero attached hydrogens (tertiary/aromatic N) is 2. The van der Waals surface area contributed by atoms with Crippen LogP contribution >= 0.6 is 0 Å². The second-order valence-corrected chi connectivity index (χ2v) is 6.02. The van der Waals surface area contributed by atoms with E-state index in [9.17, 15) is 18.0 Å². The highest BCUT2D eigenvalue weighted by molar-refractivity contribution is 6.06. The van der Waals surface area contributed by atoms with Gasteiger partial charge in [0.2, 0.25) is 0 Å². The summed E-state index contributed by atoms with van der Waals surface area (Å²) in [6.45, 7) is 3.31. The normalized spacial score (nSPS) is 13.0. The van der Waals surface area contributed by atoms with E-state index in [4.69, 9.17) is 4.52 Å². The first-order chi connectivity index (χ1) is 12.2. The summed E-state index contributed by atoms with van der Waals surface area (Å²) in [4.78, 5) is 16.9. The molecule has 0 aliphatic carbocycles. The van der Waals surface area contributed by atoms with Gasteiger partial charge in [-0.1, -0.05) is 35.5 Å². The number of rotatable bonds is 4. The first-order valence-electron chi connectivity index (χ1n) is 7.91. The van der Waals surface area contributed by atoms with Gasteiger partial charge in [0.15, 0.2) is 0 Å². The van der Waals surface area contributed by atoms with Gasteiger partial charge in [0, 0.05) is 5.69 Å². The molecule has 1 aromatic carbocycles. The first-order valence-corrected chi connectivity index (χ1v) is 7.91. The Morgan fingerprint density at radius 1 is 1.23 bits per heavy atom. The van der Waals surface area contributed by atoms with Gasteiger partial charge in [-0.15, -0.1) is 0 Å². The topological polar surface area (TPSA) is 68.0 Å². The summed E-state index contributed by atoms with van der Waals surface area (Å²) in [7, 11) is 0. The molecule has 0 aliphatic rings. The molecule has 5 nitrogen and oxygen atoms in total. The van der Waals surface area contributed by atoms with Crippen LogP contribution in [0.5, 0.6) is 0 Å². The lowest BCUT2D eigenvalue weighted by Gasteiger charge is -2.21. The maximum Gasteiger partial charge on any atom is 0.391 e. The van der Waals surface area contributed by atoms with Crippen LogP contribution < -0.4 is 5.32 Å². The number of benzene rings is 1. The van der Waals surface area contributed by atoms with E-state index in [1.807, 2.05) is 0 Å². The van der Waals surface area contributed by atoms with Crippen molar-refractivity contribution in [3.8, 4) is 0 Å². The number of aryl methyl sites for hydroxylation is 2. The van der Waals surface area contributed by atoms with Gasteiger partial charge in [-0.3, -0.25) is 4.79 Å². The first kappa shape index (κ1) is 17.9. The summed E-state index contributed by atoms with van der Waals surface area (Å²) in [5, 5.41) is 6.66. The summed E-state index contributed by atoms with van der Waals surface area (Å²) >= 11 is 0. The summed E-state index contributed by atoms with van der Waals surface area (Å²) in [5.41, 5.74) is 1.70. The Hall–Kier alpha value is -2.90. The van der Waals surface area contributed by atoms with Crippen LogP contribution in [0.2, 0.25) is 0 Å². The fourth-order valence-electron chi connectivity index (χ4n) is 2.80. The summed E-state index contributed by atoms with van der Waals surface area (Å²) < 4.78 is 44.0. The van der Waals surface area contributed by atoms with Gasteiger partial charge in [0.1, 0.15) is 0 Å². The number of hydrogen-bond acceptors (Lipinski definition) is 4. The van der Waals surface area contributed by atoms with Crippen LogP contribution in [0.15, 0.2) is 40.9 Å². The van der Waals surface area contributed by atoms with Crippen LogP contribution in [0.25, 0.3) is 11.1 Å². The largest absolute Gasteiger partial charge is 0.391 e. The minimum absolute atomic E-state index is 0.180. The Bertz CT molecular complexity index is 936. The number of amides is 1. The van der Waals surface area contributed by atoms with Crippen molar-refractivity contribution in [3.05, 3.63) is 58.9 Å². The molecule has 0 bridgehead atoms. The zero-order chi connectivity index (χ0) is 18.9. The fraction of sp³-hybridized carbons (Fsp3) is 0.278. The third-order valence-electron chi connectivity index (χ3n) is 3.93. The molecule has 8 heteroatoms. The molecule has 3 aromatic rings. The highest BCUT2D eigenvalue weighted by Gasteiger charge is 2.34. The minimum Gasteiger partial charge on any atom is -0.345 e. The lowest BCUT2D eigenvalue weighted by Crippen LogP contribution is -2.32. The number of pyridine rings is 1. The number of alkyl halides is 3. The highest BCUT2D eigenvalue weighted by atomic mass is 19.4. The second kappa shape index (κ2) is 6.78. The summed E-state index contributed by atoms with van der Waals surface area (Å²) in [6, 6.07) is 8.37. The molecule has 1 amide bonds. The molecule has 0 spiro atoms. The number of carbonyl (C=O) groups is 1. The molecule has 2 heterocycles. The van der Waals surface area contributed by atoms with E-state index >= 15 is 0 Å². The van der Waals surface area contributed by atoms with Crippen LogP contribution in [0.1, 0.15) is 39.8 Å². The van der Waals surface area contributed by atoms with Gasteiger partial charge in [-0.25, -0.2) is 4.98 Å². The lowest BCUT2D eigenvalue weighted by molar-refractivity contribution is -0.139. The van der Waals surface area contributed by atoms with E-state index in [0.29, 0.717) is 22.3 Å². The van der Waals surface area contributed by atoms with Gasteiger partial charge >= 0.3 is 6.18 Å². The molecule has 3 rings (SSSR count). The third-order valence-corrected chi connectivity index (χ3v) is 3.93. The molecule has 0 unspecified atom stereocenters. The standard InChI is InChI=1S/C18H16F3N3O2/c1-10-8-13(15-11(2)24-26-17(15)22-10)16(25)23-14(9-18(19,20)21)12-6-4-3-5-7-12/h3-8,14H,9H2,1-2H3,(H,23,25)/t14-/m1/s1. The van der Waals surface area contributed by atoms with Crippen molar-refractivity contribution in [2.75, 3.05) is 0 Å². The molecule has 0 fully saturated rings. The number of aromatic nitrogens is 2. The molecular weight excluding hydrogens is 347 g/mol. The van der Waals surface area contributed by atoms with Crippen LogP contribution in [-0.4, -0.2) is 22.2 Å². The Kier molecular flexibility index (Phi) is 4.67. The quantitative estimate of drug-likeness (QED) is 0.752. The predicted octanol–water partition coefficient (Wildman–Crippen LogP) is 4.26. The van der Waals surface area contributed by atoms with Gasteiger partial charge in [-0.05, 0) is 25.5 Å². The zero-order valence-electron chi connectivity index (χ0n) is 14.1. The predicted molar refractivity (Wildman–Crippen MR) is 88.6 cm³/mol. The molecule has 136 valence electrons. The van der Waals surface area contributed by atoms with Crippen molar-refractivity contribution in [1.29, 1.82) is 0 Å². The number of carbonyl (C=O) groups excluding carboxylic acids is 1. The average Bonchev–Trinajstić information content (AvgIpc) is 2.94. The molecule has 0 saturated heterocycles. The number of hydrogen-bond donors (Lipinski definition) is 1. The molecule has 0 radical (unpaired) electrons. The molecule has 26 heavy (non-hydrogen) atoms. The maximum atomic E-state index is 13.0. The van der Waals surface area contributed by atoms with Crippen molar-refractivity contribution in [1.82, 2.24) is 15.5 Å². The van der Waals surface area contributed by atoms with Crippen LogP contribution in [0.3, 0.4) is 0 Å². The molecule has 1 N–H and O–H groups in total. The second-order valence-electron chi connectivity index (χ2n) is 6.02. The Labute approximate surface area is 147 Å². The lowest BCUT2D eigenvalue weighted by atomic mass is 10.0. The molecule has 0 aliphatic heterocycles. The van der Waals surface area contributed by atoms with Crippen LogP contribution in [0.4, 0.5) is 13.2 Å². The van der Waals surface area contributed by atoms with Crippen molar-refractivity contribution in [2.45, 2.75) is 32.5 Å². The van der Waals surface area contributed by atoms with Crippen LogP contribution in [0, 0.1) is 13.8 Å². The van der Waals surface area contributed by atoms with Crippen molar-refractivity contribution >= 4 is 17.0 Å². The molecular formula is C18H16F3N3O2. The van der Waals surface area contributed by atoms with Crippen molar-refractivity contribution in [3.63, 3.8) is 0 Å². The highest BCUT2D eigenvalue weighted by Crippen LogP contribution is 2.30. The minimum atomic E-state index is -4.43. The number of halogens is 3. The average molecular weight is 363 g/mol. The number of fused-ring (bicyclic) bond motifs is 1. The SMILES string of the molecule is Cc1cc(C(=O)N[C@H](CC(F)(F)F)c2ccccc2)c2c(C)noc2n1. The molecule has 0 saturated carbocycles. The third kappa shape index (κ3) is 3.84. The zero-order valence-corrected chi connectivity index (χ0v) is 14.1. The fourth-order valence-corrected chi connectivity index (χ4v) is 2.80. The summed E-state index contributed by atoms with van der Waals surface area (Å²) in [5.74, 6) is -0.634. The van der Waals surface area contributed by atoms with Crippen LogP contribution in [-0.2, 0) is 0 Å². The monoisotopic (exact) mass is 363 g/mol. The molecule has 1 atom stereocenters. The van der Waals surface area contributed by atoms with Gasteiger partial charge in [-0.2, -0.15) is 13.2 Å². The van der Waals surface area contributed by atoms with E-state index in [1.54, 1.807) is 44.2 Å². The van der Waals surface area contributed by atoms with E-state index < -0.39 is 24.5 Å². The Balaban J connectivity index is 1.97. The maximum absolute atomic E-state index is 13.0. The van der Waals surface area contributed by atoms with Crippen molar-refractivity contribution < 1.29 is 22.5 Å². The number of nitrogens with one attached hydrogen (secondary N) is 1. The van der Waals surface area contributed by atoms with E-state index in [2.05, 4.69) is 15.5 Å². The van der Waals surface area contributed by atoms with E-state index in [0.717, 1.165) is 0 Å². The molecule has 2 aromatic heterocycles. The van der Waals surface area contributed by atoms with Gasteiger partial charge in [0.25, 0.3) is 11.6 Å². The van der Waals surface area contributed by atoms with E-state index in [-0.39, 0.29) is 11.3 Å². The van der Waals surface area contributed by atoms with E-state index in [1.165, 1.54) is 6.07 Å². The Morgan fingerprint density at radius 2 is 1.92 bits per heavy atom. The smallest absolute Gasteiger partial charge is 0.345 e. The van der Waals surface area contributed by atoms with Crippen molar-refractivity contribution in [2.24, 2.45) is 0 Å². The Morgan fingerprint density at radius 3 is 2.58 bits per heavy atom. The summed E-state index contributed by atoms with van der Waals surface area (Å²) in [6.07, 6.45) is -5.59. The van der Waals surface area contributed by atoms with Gasteiger partial charge < -0.3 is 9.84 Å². The van der Waals surface area contributed by atoms with Gasteiger partial charge in [0.05, 0.1) is 29.1 Å².